The maximum Gasteiger partial charge on any atom is 0.307 e. The molecule has 6 heteroatoms. The quantitative estimate of drug-likeness (QED) is 0.690. The molecule has 150 valence electrons. The number of aliphatic carboxylic acids is 1. The molecule has 0 bridgehead atoms. The topological polar surface area (TPSA) is 74.7 Å². The third kappa shape index (κ3) is 4.04. The number of carboxylic acids is 1. The zero-order valence-corrected chi connectivity index (χ0v) is 16.8. The molecular formula is C23H23NO4S. The lowest BCUT2D eigenvalue weighted by Crippen LogP contribution is -2.39. The van der Waals surface area contributed by atoms with Gasteiger partial charge in [-0.1, -0.05) is 60.7 Å². The van der Waals surface area contributed by atoms with Gasteiger partial charge in [-0.2, -0.15) is 4.31 Å². The number of hydrogen-bond acceptors (Lipinski definition) is 3. The van der Waals surface area contributed by atoms with E-state index in [9.17, 15) is 13.2 Å². The van der Waals surface area contributed by atoms with Crippen LogP contribution in [0.2, 0.25) is 0 Å². The van der Waals surface area contributed by atoms with Gasteiger partial charge in [0.25, 0.3) is 0 Å². The van der Waals surface area contributed by atoms with E-state index in [-0.39, 0.29) is 12.3 Å². The predicted molar refractivity (Wildman–Crippen MR) is 112 cm³/mol. The summed E-state index contributed by atoms with van der Waals surface area (Å²) in [6.45, 7) is 0.902. The van der Waals surface area contributed by atoms with Gasteiger partial charge in [-0.15, -0.1) is 0 Å². The Labute approximate surface area is 170 Å². The van der Waals surface area contributed by atoms with Gasteiger partial charge in [0.1, 0.15) is 0 Å². The van der Waals surface area contributed by atoms with E-state index in [4.69, 9.17) is 5.11 Å². The van der Waals surface area contributed by atoms with Crippen molar-refractivity contribution < 1.29 is 18.3 Å². The minimum Gasteiger partial charge on any atom is -0.481 e. The Hall–Kier alpha value is -2.70. The summed E-state index contributed by atoms with van der Waals surface area (Å²) in [7, 11) is -3.62. The highest BCUT2D eigenvalue weighted by molar-refractivity contribution is 7.89. The van der Waals surface area contributed by atoms with Gasteiger partial charge in [-0.3, -0.25) is 4.79 Å². The van der Waals surface area contributed by atoms with Crippen molar-refractivity contribution in [2.45, 2.75) is 30.1 Å². The molecule has 1 aliphatic heterocycles. The van der Waals surface area contributed by atoms with Crippen molar-refractivity contribution in [2.24, 2.45) is 0 Å². The van der Waals surface area contributed by atoms with Crippen LogP contribution in [0.4, 0.5) is 0 Å². The summed E-state index contributed by atoms with van der Waals surface area (Å²) in [6.07, 6.45) is 1.63. The molecular weight excluding hydrogens is 386 g/mol. The zero-order chi connectivity index (χ0) is 20.4. The first-order chi connectivity index (χ1) is 13.9. The van der Waals surface area contributed by atoms with E-state index < -0.39 is 16.0 Å². The van der Waals surface area contributed by atoms with Gasteiger partial charge < -0.3 is 5.11 Å². The van der Waals surface area contributed by atoms with E-state index in [0.29, 0.717) is 18.0 Å². The van der Waals surface area contributed by atoms with Gasteiger partial charge in [0.05, 0.1) is 11.3 Å². The second-order valence-corrected chi connectivity index (χ2v) is 9.40. The van der Waals surface area contributed by atoms with E-state index in [2.05, 4.69) is 0 Å². The minimum atomic E-state index is -3.62. The molecule has 0 aromatic heterocycles. The highest BCUT2D eigenvalue weighted by atomic mass is 32.2. The van der Waals surface area contributed by atoms with Gasteiger partial charge in [0.2, 0.25) is 10.0 Å². The number of carboxylic acid groups (broad SMARTS) is 1. The molecule has 1 saturated heterocycles. The first kappa shape index (κ1) is 19.6. The summed E-state index contributed by atoms with van der Waals surface area (Å²) in [5.41, 5.74) is 1.74. The van der Waals surface area contributed by atoms with Crippen molar-refractivity contribution in [3.8, 4) is 0 Å². The summed E-state index contributed by atoms with van der Waals surface area (Å²) < 4.78 is 28.5. The van der Waals surface area contributed by atoms with Crippen molar-refractivity contribution >= 4 is 26.8 Å². The first-order valence-electron chi connectivity index (χ1n) is 9.74. The summed E-state index contributed by atoms with van der Waals surface area (Å²) >= 11 is 0. The number of rotatable bonds is 5. The third-order valence-electron chi connectivity index (χ3n) is 5.53. The van der Waals surface area contributed by atoms with Crippen LogP contribution < -0.4 is 0 Å². The third-order valence-corrected chi connectivity index (χ3v) is 7.45. The van der Waals surface area contributed by atoms with E-state index in [1.54, 1.807) is 22.5 Å². The van der Waals surface area contributed by atoms with Crippen LogP contribution in [0.25, 0.3) is 10.8 Å². The number of sulfonamides is 1. The van der Waals surface area contributed by atoms with Crippen molar-refractivity contribution in [3.63, 3.8) is 0 Å². The Balaban J connectivity index is 1.63. The molecule has 5 nitrogen and oxygen atoms in total. The van der Waals surface area contributed by atoms with Crippen LogP contribution in [-0.4, -0.2) is 36.9 Å². The van der Waals surface area contributed by atoms with Crippen molar-refractivity contribution in [2.75, 3.05) is 13.1 Å². The monoisotopic (exact) mass is 409 g/mol. The van der Waals surface area contributed by atoms with Gasteiger partial charge in [-0.25, -0.2) is 8.42 Å². The molecule has 1 unspecified atom stereocenters. The lowest BCUT2D eigenvalue weighted by Gasteiger charge is -2.32. The SMILES string of the molecule is O=C(O)Cc1cccc(C2CCCN(S(=O)(=O)c3cccc4ccccc34)C2)c1. The normalized spacial score (nSPS) is 18.0. The fourth-order valence-electron chi connectivity index (χ4n) is 4.12. The molecule has 1 atom stereocenters. The number of carbonyl (C=O) groups is 1. The van der Waals surface area contributed by atoms with Crippen LogP contribution in [0.5, 0.6) is 0 Å². The fourth-order valence-corrected chi connectivity index (χ4v) is 5.86. The summed E-state index contributed by atoms with van der Waals surface area (Å²) in [5.74, 6) is -0.812. The molecule has 29 heavy (non-hydrogen) atoms. The van der Waals surface area contributed by atoms with E-state index in [0.717, 1.165) is 34.7 Å². The fraction of sp³-hybridized carbons (Fsp3) is 0.261. The number of nitrogens with zero attached hydrogens (tertiary/aromatic N) is 1. The molecule has 4 rings (SSSR count). The van der Waals surface area contributed by atoms with Crippen LogP contribution in [0, 0.1) is 0 Å². The molecule has 0 spiro atoms. The minimum absolute atomic E-state index is 0.0292. The highest BCUT2D eigenvalue weighted by Gasteiger charge is 2.31. The zero-order valence-electron chi connectivity index (χ0n) is 16.0. The Morgan fingerprint density at radius 1 is 1.03 bits per heavy atom. The lowest BCUT2D eigenvalue weighted by molar-refractivity contribution is -0.136. The number of benzene rings is 3. The molecule has 1 heterocycles. The molecule has 3 aromatic carbocycles. The largest absolute Gasteiger partial charge is 0.481 e. The molecule has 1 aliphatic rings. The van der Waals surface area contributed by atoms with Crippen LogP contribution in [0.1, 0.15) is 29.9 Å². The average molecular weight is 410 g/mol. The van der Waals surface area contributed by atoms with Crippen LogP contribution >= 0.6 is 0 Å². The number of hydrogen-bond donors (Lipinski definition) is 1. The maximum absolute atomic E-state index is 13.4. The molecule has 1 fully saturated rings. The lowest BCUT2D eigenvalue weighted by atomic mass is 9.90. The number of fused-ring (bicyclic) bond motifs is 1. The molecule has 0 aliphatic carbocycles. The summed E-state index contributed by atoms with van der Waals surface area (Å²) in [6, 6.07) is 20.4. The molecule has 1 N–H and O–H groups in total. The van der Waals surface area contributed by atoms with Crippen LogP contribution in [-0.2, 0) is 21.2 Å². The van der Waals surface area contributed by atoms with Gasteiger partial charge in [-0.05, 0) is 41.3 Å². The van der Waals surface area contributed by atoms with Crippen molar-refractivity contribution in [3.05, 3.63) is 77.9 Å². The average Bonchev–Trinajstić information content (AvgIpc) is 2.73. The number of piperidine rings is 1. The molecule has 0 radical (unpaired) electrons. The smallest absolute Gasteiger partial charge is 0.307 e. The van der Waals surface area contributed by atoms with Crippen LogP contribution in [0.15, 0.2) is 71.6 Å². The van der Waals surface area contributed by atoms with Gasteiger partial charge >= 0.3 is 5.97 Å². The molecule has 0 saturated carbocycles. The van der Waals surface area contributed by atoms with Crippen molar-refractivity contribution in [1.29, 1.82) is 0 Å². The van der Waals surface area contributed by atoms with Crippen molar-refractivity contribution in [1.82, 2.24) is 4.31 Å². The maximum atomic E-state index is 13.4. The first-order valence-corrected chi connectivity index (χ1v) is 11.2. The Kier molecular flexibility index (Phi) is 5.39. The van der Waals surface area contributed by atoms with E-state index >= 15 is 0 Å². The van der Waals surface area contributed by atoms with Crippen LogP contribution in [0.3, 0.4) is 0 Å². The summed E-state index contributed by atoms with van der Waals surface area (Å²) in [5, 5.41) is 10.7. The Bertz CT molecular complexity index is 1150. The molecule has 3 aromatic rings. The van der Waals surface area contributed by atoms with Gasteiger partial charge in [0.15, 0.2) is 0 Å². The second kappa shape index (κ2) is 7.97. The highest BCUT2D eigenvalue weighted by Crippen LogP contribution is 2.33. The summed E-state index contributed by atoms with van der Waals surface area (Å²) in [4.78, 5) is 11.4. The van der Waals surface area contributed by atoms with E-state index in [1.807, 2.05) is 48.5 Å². The van der Waals surface area contributed by atoms with Gasteiger partial charge in [0, 0.05) is 18.5 Å². The second-order valence-electron chi connectivity index (χ2n) is 7.50. The predicted octanol–water partition coefficient (Wildman–Crippen LogP) is 4.04. The Morgan fingerprint density at radius 3 is 2.62 bits per heavy atom. The Morgan fingerprint density at radius 2 is 1.79 bits per heavy atom. The standard InChI is InChI=1S/C23H23NO4S/c25-23(26)15-17-6-3-9-19(14-17)20-10-5-13-24(16-20)29(27,28)22-12-4-8-18-7-1-2-11-21(18)22/h1-4,6-9,11-12,14,20H,5,10,13,15-16H2,(H,25,26). The molecule has 0 amide bonds. The van der Waals surface area contributed by atoms with E-state index in [1.165, 1.54) is 0 Å².